The summed E-state index contributed by atoms with van der Waals surface area (Å²) in [7, 11) is 2.03. The van der Waals surface area contributed by atoms with E-state index in [4.69, 9.17) is 5.41 Å². The molecule has 0 unspecified atom stereocenters. The highest BCUT2D eigenvalue weighted by molar-refractivity contribution is 8.00. The largest absolute Gasteiger partial charge is 0.433 e. The smallest absolute Gasteiger partial charge is 0.387 e. The van der Waals surface area contributed by atoms with E-state index in [0.29, 0.717) is 40.2 Å². The summed E-state index contributed by atoms with van der Waals surface area (Å²) in [5.41, 5.74) is 1.94. The number of carbonyl (C=O) groups is 1. The first-order valence-electron chi connectivity index (χ1n) is 9.65. The van der Waals surface area contributed by atoms with Gasteiger partial charge in [-0.3, -0.25) is 9.78 Å². The Bertz CT molecular complexity index is 902. The summed E-state index contributed by atoms with van der Waals surface area (Å²) in [6.07, 6.45) is 4.58. The summed E-state index contributed by atoms with van der Waals surface area (Å²) in [6.45, 7) is 3.00. The molecule has 2 aromatic heterocycles. The highest BCUT2D eigenvalue weighted by Crippen LogP contribution is 2.27. The van der Waals surface area contributed by atoms with Gasteiger partial charge in [0.1, 0.15) is 11.6 Å². The van der Waals surface area contributed by atoms with E-state index in [1.165, 1.54) is 30.0 Å². The second kappa shape index (κ2) is 11.1. The van der Waals surface area contributed by atoms with Crippen LogP contribution in [-0.2, 0) is 0 Å². The van der Waals surface area contributed by atoms with Crippen LogP contribution in [0, 0.1) is 11.3 Å². The van der Waals surface area contributed by atoms with Gasteiger partial charge in [-0.2, -0.15) is 20.5 Å². The summed E-state index contributed by atoms with van der Waals surface area (Å²) >= 11 is 2.01. The summed E-state index contributed by atoms with van der Waals surface area (Å²) in [6, 6.07) is 2.90. The minimum atomic E-state index is -2.95. The number of anilines is 2. The average Bonchev–Trinajstić information content (AvgIpc) is 2.72. The molecule has 0 atom stereocenters. The zero-order chi connectivity index (χ0) is 23.0. The van der Waals surface area contributed by atoms with Crippen LogP contribution in [0.25, 0.3) is 0 Å². The highest BCUT2D eigenvalue weighted by atomic mass is 32.2. The topological polar surface area (TPSA) is 100.0 Å². The number of rotatable bonds is 8. The van der Waals surface area contributed by atoms with E-state index < -0.39 is 6.61 Å². The van der Waals surface area contributed by atoms with E-state index >= 15 is 0 Å². The molecular formula is C21H27F2N5O2S. The number of hydrogen-bond donors (Lipinski definition) is 3. The van der Waals surface area contributed by atoms with Gasteiger partial charge in [-0.1, -0.05) is 13.8 Å². The SMILES string of the molecule is CC(C)C(=N)c1cc(C=O)cnc1Nc1cncc(OC(F)F)c1.CNC1(C)CSC1. The van der Waals surface area contributed by atoms with Crippen LogP contribution < -0.4 is 15.4 Å². The van der Waals surface area contributed by atoms with Gasteiger partial charge in [-0.25, -0.2) is 4.98 Å². The molecule has 0 radical (unpaired) electrons. The molecule has 0 amide bonds. The van der Waals surface area contributed by atoms with Crippen LogP contribution in [0.3, 0.4) is 0 Å². The van der Waals surface area contributed by atoms with Gasteiger partial charge in [-0.15, -0.1) is 0 Å². The minimum absolute atomic E-state index is 0.0825. The molecule has 168 valence electrons. The number of halogens is 2. The van der Waals surface area contributed by atoms with Crippen LogP contribution in [0.4, 0.5) is 20.3 Å². The van der Waals surface area contributed by atoms with Gasteiger partial charge in [0.05, 0.1) is 18.1 Å². The Labute approximate surface area is 184 Å². The maximum atomic E-state index is 12.3. The molecule has 31 heavy (non-hydrogen) atoms. The fourth-order valence-electron chi connectivity index (χ4n) is 2.51. The molecule has 2 aromatic rings. The third kappa shape index (κ3) is 7.25. The molecule has 0 spiro atoms. The van der Waals surface area contributed by atoms with E-state index in [1.807, 2.05) is 32.7 Å². The van der Waals surface area contributed by atoms with Gasteiger partial charge in [0.25, 0.3) is 0 Å². The van der Waals surface area contributed by atoms with Crippen LogP contribution in [0.1, 0.15) is 36.7 Å². The minimum Gasteiger partial charge on any atom is -0.433 e. The zero-order valence-electron chi connectivity index (χ0n) is 17.9. The Balaban J connectivity index is 0.000000412. The van der Waals surface area contributed by atoms with E-state index in [9.17, 15) is 13.6 Å². The van der Waals surface area contributed by atoms with E-state index in [2.05, 4.69) is 32.3 Å². The Morgan fingerprint density at radius 2 is 2.00 bits per heavy atom. The second-order valence-electron chi connectivity index (χ2n) is 7.57. The average molecular weight is 452 g/mol. The quantitative estimate of drug-likeness (QED) is 0.405. The molecule has 1 fully saturated rings. The molecule has 1 saturated heterocycles. The molecule has 1 aliphatic heterocycles. The van der Waals surface area contributed by atoms with Crippen molar-refractivity contribution in [2.75, 3.05) is 23.9 Å². The lowest BCUT2D eigenvalue weighted by Gasteiger charge is -2.37. The molecule has 3 heterocycles. The monoisotopic (exact) mass is 451 g/mol. The number of aldehydes is 1. The van der Waals surface area contributed by atoms with E-state index in [-0.39, 0.29) is 11.7 Å². The van der Waals surface area contributed by atoms with Gasteiger partial charge < -0.3 is 20.8 Å². The molecule has 0 saturated carbocycles. The number of hydrogen-bond acceptors (Lipinski definition) is 8. The van der Waals surface area contributed by atoms with Crippen molar-refractivity contribution in [2.24, 2.45) is 5.92 Å². The van der Waals surface area contributed by atoms with Crippen molar-refractivity contribution in [3.8, 4) is 5.75 Å². The summed E-state index contributed by atoms with van der Waals surface area (Å²) in [5.74, 6) is 2.71. The molecule has 1 aliphatic rings. The van der Waals surface area contributed by atoms with Crippen LogP contribution in [-0.4, -0.2) is 52.7 Å². The van der Waals surface area contributed by atoms with Crippen molar-refractivity contribution >= 4 is 35.3 Å². The fourth-order valence-corrected chi connectivity index (χ4v) is 3.61. The maximum absolute atomic E-state index is 12.3. The highest BCUT2D eigenvalue weighted by Gasteiger charge is 2.29. The molecule has 0 bridgehead atoms. The third-order valence-electron chi connectivity index (χ3n) is 4.56. The number of nitrogens with zero attached hydrogens (tertiary/aromatic N) is 2. The predicted octanol–water partition coefficient (Wildman–Crippen LogP) is 4.37. The number of thioether (sulfide) groups is 1. The van der Waals surface area contributed by atoms with Gasteiger partial charge in [0.15, 0.2) is 6.29 Å². The third-order valence-corrected chi connectivity index (χ3v) is 6.24. The number of carbonyl (C=O) groups excluding carboxylic acids is 1. The van der Waals surface area contributed by atoms with E-state index in [1.54, 1.807) is 6.07 Å². The molecule has 7 nitrogen and oxygen atoms in total. The Morgan fingerprint density at radius 1 is 1.29 bits per heavy atom. The van der Waals surface area contributed by atoms with Crippen molar-refractivity contribution < 1.29 is 18.3 Å². The van der Waals surface area contributed by atoms with Crippen LogP contribution in [0.15, 0.2) is 30.7 Å². The Morgan fingerprint density at radius 3 is 2.48 bits per heavy atom. The molecule has 10 heteroatoms. The first kappa shape index (κ1) is 24.7. The number of ether oxygens (including phenoxy) is 1. The standard InChI is InChI=1S/C16H16F2N4O2.C5H11NS/c1-9(2)14(19)13-3-10(8-23)5-21-15(13)22-11-4-12(7-20-6-11)24-16(17)18;1-5(6-2)3-7-4-5/h3-9,16,19H,1-2H3,(H,21,22);6H,3-4H2,1-2H3. The molecule has 0 aromatic carbocycles. The van der Waals surface area contributed by atoms with Crippen LogP contribution in [0.2, 0.25) is 0 Å². The summed E-state index contributed by atoms with van der Waals surface area (Å²) < 4.78 is 28.9. The van der Waals surface area contributed by atoms with E-state index in [0.717, 1.165) is 6.20 Å². The van der Waals surface area contributed by atoms with Gasteiger partial charge >= 0.3 is 6.61 Å². The number of nitrogens with one attached hydrogen (secondary N) is 3. The lowest BCUT2D eigenvalue weighted by Crippen LogP contribution is -2.51. The molecule has 3 N–H and O–H groups in total. The lowest BCUT2D eigenvalue weighted by molar-refractivity contribution is -0.0500. The van der Waals surface area contributed by atoms with Crippen molar-refractivity contribution in [3.63, 3.8) is 0 Å². The van der Waals surface area contributed by atoms with Gasteiger partial charge in [-0.05, 0) is 26.0 Å². The summed E-state index contributed by atoms with van der Waals surface area (Å²) in [5, 5.41) is 14.3. The van der Waals surface area contributed by atoms with Crippen molar-refractivity contribution in [1.82, 2.24) is 15.3 Å². The van der Waals surface area contributed by atoms with Crippen LogP contribution in [0.5, 0.6) is 5.75 Å². The van der Waals surface area contributed by atoms with Gasteiger partial charge in [0, 0.05) is 46.1 Å². The number of pyridine rings is 2. The molecular weight excluding hydrogens is 424 g/mol. The normalized spacial score (nSPS) is 14.3. The zero-order valence-corrected chi connectivity index (χ0v) is 18.7. The van der Waals surface area contributed by atoms with Crippen molar-refractivity contribution in [3.05, 3.63) is 41.9 Å². The first-order valence-corrected chi connectivity index (χ1v) is 10.8. The maximum Gasteiger partial charge on any atom is 0.387 e. The molecule has 3 rings (SSSR count). The first-order chi connectivity index (χ1) is 14.7. The Kier molecular flexibility index (Phi) is 8.88. The molecule has 0 aliphatic carbocycles. The fraction of sp³-hybridized carbons (Fsp3) is 0.429. The second-order valence-corrected chi connectivity index (χ2v) is 8.55. The number of aromatic nitrogens is 2. The van der Waals surface area contributed by atoms with Crippen molar-refractivity contribution in [2.45, 2.75) is 32.9 Å². The lowest BCUT2D eigenvalue weighted by atomic mass is 9.99. The van der Waals surface area contributed by atoms with Gasteiger partial charge in [0.2, 0.25) is 0 Å². The predicted molar refractivity (Wildman–Crippen MR) is 120 cm³/mol. The number of alkyl halides is 2. The summed E-state index contributed by atoms with van der Waals surface area (Å²) in [4.78, 5) is 18.9. The Hall–Kier alpha value is -2.59. The van der Waals surface area contributed by atoms with Crippen molar-refractivity contribution in [1.29, 1.82) is 5.41 Å². The van der Waals surface area contributed by atoms with Crippen LogP contribution >= 0.6 is 11.8 Å².